The van der Waals surface area contributed by atoms with Crippen molar-refractivity contribution >= 4 is 23.8 Å². The van der Waals surface area contributed by atoms with Gasteiger partial charge in [-0.15, -0.1) is 0 Å². The van der Waals surface area contributed by atoms with Gasteiger partial charge in [-0.05, 0) is 30.7 Å². The largest absolute Gasteiger partial charge is 0.493 e. The van der Waals surface area contributed by atoms with Crippen LogP contribution in [-0.2, 0) is 14.3 Å². The summed E-state index contributed by atoms with van der Waals surface area (Å²) in [6.07, 6.45) is 2.78. The van der Waals surface area contributed by atoms with Gasteiger partial charge in [-0.3, -0.25) is 9.89 Å². The Labute approximate surface area is 144 Å². The van der Waals surface area contributed by atoms with Crippen molar-refractivity contribution in [2.24, 2.45) is 0 Å². The third-order valence-corrected chi connectivity index (χ3v) is 3.14. The fraction of sp³-hybridized carbons (Fsp3) is 0.235. The molecular formula is C17H19N3O5. The van der Waals surface area contributed by atoms with Crippen molar-refractivity contribution in [1.82, 2.24) is 10.2 Å². The van der Waals surface area contributed by atoms with E-state index < -0.39 is 18.5 Å². The van der Waals surface area contributed by atoms with Crippen LogP contribution in [0, 0.1) is 6.92 Å². The number of hydrogen-bond acceptors (Lipinski definition) is 6. The third-order valence-electron chi connectivity index (χ3n) is 3.14. The highest BCUT2D eigenvalue weighted by molar-refractivity contribution is 5.94. The molecule has 132 valence electrons. The quantitative estimate of drug-likeness (QED) is 0.587. The van der Waals surface area contributed by atoms with E-state index in [2.05, 4.69) is 15.5 Å². The fourth-order valence-corrected chi connectivity index (χ4v) is 1.97. The molecule has 1 aromatic heterocycles. The highest BCUT2D eigenvalue weighted by Gasteiger charge is 2.08. The number of nitrogens with zero attached hydrogens (tertiary/aromatic N) is 1. The number of nitrogens with one attached hydrogen (secondary N) is 2. The minimum Gasteiger partial charge on any atom is -0.493 e. The van der Waals surface area contributed by atoms with Crippen LogP contribution in [-0.4, -0.2) is 42.9 Å². The molecule has 0 unspecified atom stereocenters. The number of esters is 1. The summed E-state index contributed by atoms with van der Waals surface area (Å²) in [4.78, 5) is 23.3. The predicted octanol–water partition coefficient (Wildman–Crippen LogP) is 1.93. The van der Waals surface area contributed by atoms with E-state index in [4.69, 9.17) is 14.2 Å². The molecular weight excluding hydrogens is 326 g/mol. The molecule has 0 spiro atoms. The van der Waals surface area contributed by atoms with Crippen LogP contribution in [0.4, 0.5) is 5.82 Å². The highest BCUT2D eigenvalue weighted by atomic mass is 16.5. The van der Waals surface area contributed by atoms with Crippen molar-refractivity contribution in [3.8, 4) is 11.5 Å². The summed E-state index contributed by atoms with van der Waals surface area (Å²) in [5, 5.41) is 9.05. The highest BCUT2D eigenvalue weighted by Crippen LogP contribution is 2.27. The van der Waals surface area contributed by atoms with Crippen molar-refractivity contribution in [3.05, 3.63) is 41.6 Å². The second kappa shape index (κ2) is 8.53. The summed E-state index contributed by atoms with van der Waals surface area (Å²) >= 11 is 0. The van der Waals surface area contributed by atoms with Crippen LogP contribution in [0.25, 0.3) is 6.08 Å². The Morgan fingerprint density at radius 2 is 1.96 bits per heavy atom. The number of aromatic nitrogens is 2. The van der Waals surface area contributed by atoms with E-state index in [0.717, 1.165) is 11.3 Å². The van der Waals surface area contributed by atoms with Gasteiger partial charge in [-0.25, -0.2) is 4.79 Å². The number of aryl methyl sites for hydroxylation is 1. The molecule has 8 heteroatoms. The molecule has 8 nitrogen and oxygen atoms in total. The molecule has 0 saturated heterocycles. The van der Waals surface area contributed by atoms with Crippen molar-refractivity contribution in [1.29, 1.82) is 0 Å². The number of H-pyrrole nitrogens is 1. The maximum Gasteiger partial charge on any atom is 0.331 e. The van der Waals surface area contributed by atoms with Gasteiger partial charge in [0.05, 0.1) is 14.2 Å². The first-order valence-electron chi connectivity index (χ1n) is 7.40. The summed E-state index contributed by atoms with van der Waals surface area (Å²) in [7, 11) is 3.07. The van der Waals surface area contributed by atoms with Crippen molar-refractivity contribution < 1.29 is 23.8 Å². The molecule has 2 aromatic rings. The molecule has 0 bridgehead atoms. The molecule has 0 aliphatic rings. The topological polar surface area (TPSA) is 103 Å². The van der Waals surface area contributed by atoms with Crippen LogP contribution < -0.4 is 14.8 Å². The standard InChI is InChI=1S/C17H19N3O5/c1-11-8-15(20-19-11)18-16(21)10-25-17(22)7-5-12-4-6-13(23-2)14(9-12)24-3/h4-9H,10H2,1-3H3,(H2,18,19,20,21). The van der Waals surface area contributed by atoms with Gasteiger partial charge in [0.25, 0.3) is 5.91 Å². The van der Waals surface area contributed by atoms with Crippen molar-refractivity contribution in [2.45, 2.75) is 6.92 Å². The zero-order chi connectivity index (χ0) is 18.2. The Hall–Kier alpha value is -3.29. The van der Waals surface area contributed by atoms with Gasteiger partial charge in [0.15, 0.2) is 23.9 Å². The molecule has 0 aliphatic carbocycles. The summed E-state index contributed by atoms with van der Waals surface area (Å²) in [6, 6.07) is 6.87. The van der Waals surface area contributed by atoms with Crippen LogP contribution in [0.15, 0.2) is 30.3 Å². The Morgan fingerprint density at radius 3 is 2.60 bits per heavy atom. The van der Waals surface area contributed by atoms with Crippen LogP contribution in [0.5, 0.6) is 11.5 Å². The molecule has 2 rings (SSSR count). The number of anilines is 1. The number of rotatable bonds is 7. The number of hydrogen-bond donors (Lipinski definition) is 2. The lowest BCUT2D eigenvalue weighted by atomic mass is 10.2. The molecule has 0 saturated carbocycles. The zero-order valence-electron chi connectivity index (χ0n) is 14.2. The van der Waals surface area contributed by atoms with E-state index in [1.807, 2.05) is 6.92 Å². The average molecular weight is 345 g/mol. The fourth-order valence-electron chi connectivity index (χ4n) is 1.97. The molecule has 2 N–H and O–H groups in total. The van der Waals surface area contributed by atoms with Crippen molar-refractivity contribution in [2.75, 3.05) is 26.1 Å². The Morgan fingerprint density at radius 1 is 1.20 bits per heavy atom. The number of amides is 1. The second-order valence-corrected chi connectivity index (χ2v) is 5.04. The Kier molecular flexibility index (Phi) is 6.16. The van der Waals surface area contributed by atoms with Crippen LogP contribution in [0.1, 0.15) is 11.3 Å². The molecule has 0 aliphatic heterocycles. The van der Waals surface area contributed by atoms with Gasteiger partial charge in [0.2, 0.25) is 0 Å². The van der Waals surface area contributed by atoms with Crippen molar-refractivity contribution in [3.63, 3.8) is 0 Å². The average Bonchev–Trinajstić information content (AvgIpc) is 3.02. The first-order valence-corrected chi connectivity index (χ1v) is 7.40. The van der Waals surface area contributed by atoms with Crippen LogP contribution >= 0.6 is 0 Å². The summed E-state index contributed by atoms with van der Waals surface area (Å²) in [5.41, 5.74) is 1.54. The summed E-state index contributed by atoms with van der Waals surface area (Å²) in [5.74, 6) is 0.404. The SMILES string of the molecule is COc1ccc(C=CC(=O)OCC(=O)Nc2cc(C)[nH]n2)cc1OC. The predicted molar refractivity (Wildman–Crippen MR) is 91.5 cm³/mol. The molecule has 1 heterocycles. The van der Waals surface area contributed by atoms with E-state index in [1.54, 1.807) is 37.5 Å². The van der Waals surface area contributed by atoms with Gasteiger partial charge in [-0.1, -0.05) is 6.07 Å². The Balaban J connectivity index is 1.85. The Bertz CT molecular complexity index is 782. The maximum absolute atomic E-state index is 11.7. The minimum absolute atomic E-state index is 0.374. The number of ether oxygens (including phenoxy) is 3. The molecule has 0 atom stereocenters. The lowest BCUT2D eigenvalue weighted by molar-refractivity contribution is -0.142. The van der Waals surface area contributed by atoms with Gasteiger partial charge in [0.1, 0.15) is 0 Å². The van der Waals surface area contributed by atoms with Gasteiger partial charge < -0.3 is 19.5 Å². The zero-order valence-corrected chi connectivity index (χ0v) is 14.2. The molecule has 1 aromatic carbocycles. The van der Waals surface area contributed by atoms with E-state index in [9.17, 15) is 9.59 Å². The smallest absolute Gasteiger partial charge is 0.331 e. The van der Waals surface area contributed by atoms with Gasteiger partial charge >= 0.3 is 5.97 Å². The number of aromatic amines is 1. The van der Waals surface area contributed by atoms with Gasteiger partial charge in [-0.2, -0.15) is 5.10 Å². The molecule has 0 fully saturated rings. The maximum atomic E-state index is 11.7. The number of methoxy groups -OCH3 is 2. The summed E-state index contributed by atoms with van der Waals surface area (Å²) in [6.45, 7) is 1.41. The number of carbonyl (C=O) groups excluding carboxylic acids is 2. The first-order chi connectivity index (χ1) is 12.0. The lowest BCUT2D eigenvalue weighted by Gasteiger charge is -2.07. The monoisotopic (exact) mass is 345 g/mol. The molecule has 0 radical (unpaired) electrons. The summed E-state index contributed by atoms with van der Waals surface area (Å²) < 4.78 is 15.2. The minimum atomic E-state index is -0.636. The molecule has 1 amide bonds. The first kappa shape index (κ1) is 18.1. The van der Waals surface area contributed by atoms with E-state index in [1.165, 1.54) is 13.2 Å². The van der Waals surface area contributed by atoms with Gasteiger partial charge in [0, 0.05) is 17.8 Å². The van der Waals surface area contributed by atoms with E-state index in [-0.39, 0.29) is 0 Å². The van der Waals surface area contributed by atoms with E-state index in [0.29, 0.717) is 17.3 Å². The van der Waals surface area contributed by atoms with E-state index >= 15 is 0 Å². The number of carbonyl (C=O) groups is 2. The number of benzene rings is 1. The normalized spacial score (nSPS) is 10.5. The van der Waals surface area contributed by atoms with Crippen LogP contribution in [0.3, 0.4) is 0 Å². The third kappa shape index (κ3) is 5.38. The van der Waals surface area contributed by atoms with Crippen LogP contribution in [0.2, 0.25) is 0 Å². The second-order valence-electron chi connectivity index (χ2n) is 5.04. The lowest BCUT2D eigenvalue weighted by Crippen LogP contribution is -2.20. The molecule has 25 heavy (non-hydrogen) atoms.